The number of nitrogens with zero attached hydrogens (tertiary/aromatic N) is 3. The van der Waals surface area contributed by atoms with Gasteiger partial charge >= 0.3 is 11.7 Å². The third-order valence-electron chi connectivity index (χ3n) is 4.18. The highest BCUT2D eigenvalue weighted by Crippen LogP contribution is 2.21. The molecule has 1 N–H and O–H groups in total. The third kappa shape index (κ3) is 4.71. The Morgan fingerprint density at radius 1 is 1.35 bits per heavy atom. The molecule has 0 aliphatic rings. The number of ether oxygens (including phenoxy) is 1. The lowest BCUT2D eigenvalue weighted by Crippen LogP contribution is -2.32. The van der Waals surface area contributed by atoms with Gasteiger partial charge < -0.3 is 14.5 Å². The van der Waals surface area contributed by atoms with Gasteiger partial charge in [0.1, 0.15) is 12.6 Å². The molecule has 0 radical (unpaired) electrons. The summed E-state index contributed by atoms with van der Waals surface area (Å²) < 4.78 is 10.9. The molecule has 0 spiro atoms. The van der Waals surface area contributed by atoms with Crippen LogP contribution < -0.4 is 11.1 Å². The van der Waals surface area contributed by atoms with Crippen molar-refractivity contribution in [3.8, 4) is 6.07 Å². The summed E-state index contributed by atoms with van der Waals surface area (Å²) in [5.41, 5.74) is 0.370. The van der Waals surface area contributed by atoms with E-state index in [1.54, 1.807) is 0 Å². The van der Waals surface area contributed by atoms with Gasteiger partial charge in [0.15, 0.2) is 11.7 Å². The van der Waals surface area contributed by atoms with Crippen LogP contribution in [0, 0.1) is 21.4 Å². The van der Waals surface area contributed by atoms with Gasteiger partial charge in [-0.25, -0.2) is 4.79 Å². The number of esters is 1. The summed E-state index contributed by atoms with van der Waals surface area (Å²) in [7, 11) is 0. The number of aromatic nitrogens is 1. The number of nitro groups is 1. The van der Waals surface area contributed by atoms with Crippen LogP contribution >= 0.6 is 11.6 Å². The first-order valence-electron chi connectivity index (χ1n) is 8.67. The van der Waals surface area contributed by atoms with Gasteiger partial charge in [-0.3, -0.25) is 24.3 Å². The molecule has 1 amide bonds. The van der Waals surface area contributed by atoms with Crippen LogP contribution in [0.3, 0.4) is 0 Å². The summed E-state index contributed by atoms with van der Waals surface area (Å²) in [5, 5.41) is 22.3. The van der Waals surface area contributed by atoms with Crippen LogP contribution in [0.2, 0.25) is 5.02 Å². The Morgan fingerprint density at radius 2 is 2.10 bits per heavy atom. The number of carbonyl (C=O) groups is 2. The standard InChI is InChI=1S/C19H13ClN4O7/c1-10(18(26)22-12-3-2-11(8-21)14(20)6-12)30-17(25)9-23-15-5-4-13(24(28)29)7-16(15)31-19(23)27/h2-7,10H,9H2,1H3,(H,22,26). The second-order valence-corrected chi connectivity index (χ2v) is 6.70. The van der Waals surface area contributed by atoms with Crippen molar-refractivity contribution in [2.75, 3.05) is 5.32 Å². The number of anilines is 1. The van der Waals surface area contributed by atoms with E-state index in [0.717, 1.165) is 16.7 Å². The van der Waals surface area contributed by atoms with Crippen molar-refractivity contribution < 1.29 is 23.7 Å². The van der Waals surface area contributed by atoms with Gasteiger partial charge in [-0.15, -0.1) is 0 Å². The summed E-state index contributed by atoms with van der Waals surface area (Å²) in [4.78, 5) is 46.7. The maximum atomic E-state index is 12.2. The summed E-state index contributed by atoms with van der Waals surface area (Å²) in [6.45, 7) is 0.766. The topological polar surface area (TPSA) is 157 Å². The quantitative estimate of drug-likeness (QED) is 0.345. The van der Waals surface area contributed by atoms with Crippen molar-refractivity contribution in [3.05, 3.63) is 67.6 Å². The van der Waals surface area contributed by atoms with Crippen molar-refractivity contribution in [3.63, 3.8) is 0 Å². The Hall–Kier alpha value is -4.17. The fourth-order valence-electron chi connectivity index (χ4n) is 2.66. The molecule has 0 aliphatic heterocycles. The minimum atomic E-state index is -1.21. The molecule has 0 saturated heterocycles. The van der Waals surface area contributed by atoms with E-state index in [4.69, 9.17) is 26.0 Å². The highest BCUT2D eigenvalue weighted by Gasteiger charge is 2.21. The fourth-order valence-corrected chi connectivity index (χ4v) is 2.89. The zero-order valence-corrected chi connectivity index (χ0v) is 16.6. The van der Waals surface area contributed by atoms with Crippen molar-refractivity contribution >= 4 is 46.0 Å². The zero-order valence-electron chi connectivity index (χ0n) is 15.8. The molecule has 31 heavy (non-hydrogen) atoms. The van der Waals surface area contributed by atoms with Crippen LogP contribution in [0.5, 0.6) is 0 Å². The Morgan fingerprint density at radius 3 is 2.74 bits per heavy atom. The number of nitrogens with one attached hydrogen (secondary N) is 1. The van der Waals surface area contributed by atoms with Crippen LogP contribution in [0.15, 0.2) is 45.6 Å². The summed E-state index contributed by atoms with van der Waals surface area (Å²) in [5.74, 6) is -2.46. The van der Waals surface area contributed by atoms with Crippen LogP contribution in [0.1, 0.15) is 12.5 Å². The molecule has 0 fully saturated rings. The predicted octanol–water partition coefficient (Wildman–Crippen LogP) is 2.60. The number of oxazole rings is 1. The summed E-state index contributed by atoms with van der Waals surface area (Å²) in [6.07, 6.45) is -1.21. The summed E-state index contributed by atoms with van der Waals surface area (Å²) >= 11 is 5.91. The molecule has 3 aromatic rings. The fraction of sp³-hybridized carbons (Fsp3) is 0.158. The van der Waals surface area contributed by atoms with E-state index >= 15 is 0 Å². The number of amides is 1. The maximum Gasteiger partial charge on any atom is 0.420 e. The number of nitro benzene ring substituents is 1. The molecule has 0 bridgehead atoms. The smallest absolute Gasteiger partial charge is 0.420 e. The van der Waals surface area contributed by atoms with E-state index in [9.17, 15) is 24.5 Å². The van der Waals surface area contributed by atoms with Gasteiger partial charge in [-0.2, -0.15) is 5.26 Å². The first-order valence-corrected chi connectivity index (χ1v) is 9.05. The van der Waals surface area contributed by atoms with E-state index in [-0.39, 0.29) is 27.4 Å². The molecular formula is C19H13ClN4O7. The van der Waals surface area contributed by atoms with Gasteiger partial charge in [0.05, 0.1) is 27.1 Å². The predicted molar refractivity (Wildman–Crippen MR) is 107 cm³/mol. The molecule has 0 saturated carbocycles. The SMILES string of the molecule is CC(OC(=O)Cn1c(=O)oc2cc([N+](=O)[O-])ccc21)C(=O)Nc1ccc(C#N)c(Cl)c1. The number of halogens is 1. The molecule has 1 aromatic heterocycles. The number of benzene rings is 2. The van der Waals surface area contributed by atoms with E-state index in [1.807, 2.05) is 6.07 Å². The highest BCUT2D eigenvalue weighted by atomic mass is 35.5. The molecule has 0 aliphatic carbocycles. The Labute approximate surface area is 178 Å². The number of carbonyl (C=O) groups excluding carboxylic acids is 2. The van der Waals surface area contributed by atoms with Gasteiger partial charge in [0.25, 0.3) is 11.6 Å². The van der Waals surface area contributed by atoms with Gasteiger partial charge in [0.2, 0.25) is 0 Å². The number of hydrogen-bond acceptors (Lipinski definition) is 8. The summed E-state index contributed by atoms with van der Waals surface area (Å²) in [6, 6.07) is 9.66. The molecule has 3 rings (SSSR count). The zero-order chi connectivity index (χ0) is 22.7. The highest BCUT2D eigenvalue weighted by molar-refractivity contribution is 6.32. The van der Waals surface area contributed by atoms with Gasteiger partial charge in [-0.1, -0.05) is 11.6 Å². The lowest BCUT2D eigenvalue weighted by molar-refractivity contribution is -0.384. The molecule has 1 heterocycles. The first kappa shape index (κ1) is 21.5. The van der Waals surface area contributed by atoms with Crippen molar-refractivity contribution in [1.82, 2.24) is 4.57 Å². The van der Waals surface area contributed by atoms with E-state index < -0.39 is 35.2 Å². The van der Waals surface area contributed by atoms with Crippen LogP contribution in [0.4, 0.5) is 11.4 Å². The maximum absolute atomic E-state index is 12.2. The minimum absolute atomic E-state index is 0.0597. The number of rotatable bonds is 6. The molecule has 2 aromatic carbocycles. The Balaban J connectivity index is 1.67. The average Bonchev–Trinajstić information content (AvgIpc) is 3.02. The third-order valence-corrected chi connectivity index (χ3v) is 4.50. The molecule has 11 nitrogen and oxygen atoms in total. The number of fused-ring (bicyclic) bond motifs is 1. The van der Waals surface area contributed by atoms with Gasteiger partial charge in [0, 0.05) is 11.8 Å². The minimum Gasteiger partial charge on any atom is -0.451 e. The van der Waals surface area contributed by atoms with Gasteiger partial charge in [-0.05, 0) is 31.2 Å². The molecule has 1 unspecified atom stereocenters. The van der Waals surface area contributed by atoms with Crippen LogP contribution in [-0.4, -0.2) is 27.5 Å². The molecule has 1 atom stereocenters. The first-order chi connectivity index (χ1) is 14.7. The lowest BCUT2D eigenvalue weighted by atomic mass is 10.2. The number of nitriles is 1. The monoisotopic (exact) mass is 444 g/mol. The second-order valence-electron chi connectivity index (χ2n) is 6.29. The second kappa shape index (κ2) is 8.68. The largest absolute Gasteiger partial charge is 0.451 e. The Bertz CT molecular complexity index is 1300. The van der Waals surface area contributed by atoms with Crippen molar-refractivity contribution in [2.45, 2.75) is 19.6 Å². The molecular weight excluding hydrogens is 432 g/mol. The van der Waals surface area contributed by atoms with Crippen LogP contribution in [0.25, 0.3) is 11.1 Å². The number of hydrogen-bond donors (Lipinski definition) is 1. The number of non-ortho nitro benzene ring substituents is 1. The van der Waals surface area contributed by atoms with Crippen LogP contribution in [-0.2, 0) is 20.9 Å². The van der Waals surface area contributed by atoms with E-state index in [1.165, 1.54) is 31.2 Å². The van der Waals surface area contributed by atoms with Crippen molar-refractivity contribution in [2.24, 2.45) is 0 Å². The van der Waals surface area contributed by atoms with E-state index in [0.29, 0.717) is 5.69 Å². The Kier molecular flexibility index (Phi) is 6.03. The molecule has 158 valence electrons. The molecule has 12 heteroatoms. The lowest BCUT2D eigenvalue weighted by Gasteiger charge is -2.14. The normalized spacial score (nSPS) is 11.5. The van der Waals surface area contributed by atoms with E-state index in [2.05, 4.69) is 5.32 Å². The average molecular weight is 445 g/mol. The van der Waals surface area contributed by atoms with Crippen molar-refractivity contribution in [1.29, 1.82) is 5.26 Å².